The first-order valence-electron chi connectivity index (χ1n) is 5.69. The van der Waals surface area contributed by atoms with Crippen molar-refractivity contribution in [1.82, 2.24) is 4.90 Å². The van der Waals surface area contributed by atoms with Crippen LogP contribution in [0.4, 0.5) is 0 Å². The summed E-state index contributed by atoms with van der Waals surface area (Å²) in [6.45, 7) is 3.66. The zero-order chi connectivity index (χ0) is 9.97. The molecule has 0 bridgehead atoms. The molecule has 0 amide bonds. The number of β-amino-alcohol motifs (C(OH)–C–C–N with tert-alkyl or cyclic N) is 1. The van der Waals surface area contributed by atoms with Crippen molar-refractivity contribution in [3.05, 3.63) is 0 Å². The smallest absolute Gasteiger partial charge is 0.0900 e. The van der Waals surface area contributed by atoms with Crippen LogP contribution in [0, 0.1) is 11.8 Å². The number of nitrogens with zero attached hydrogens (tertiary/aromatic N) is 1. The normalized spacial score (nSPS) is 34.7. The first-order valence-corrected chi connectivity index (χ1v) is 5.69. The van der Waals surface area contributed by atoms with Crippen LogP contribution in [0.15, 0.2) is 0 Å². The first kappa shape index (κ1) is 10.4. The van der Waals surface area contributed by atoms with Gasteiger partial charge in [-0.15, -0.1) is 0 Å². The lowest BCUT2D eigenvalue weighted by Gasteiger charge is -2.20. The van der Waals surface area contributed by atoms with Crippen molar-refractivity contribution in [2.75, 3.05) is 33.4 Å². The number of likely N-dealkylation sites (tertiary alicyclic amines) is 1. The minimum absolute atomic E-state index is 0.307. The van der Waals surface area contributed by atoms with Crippen LogP contribution >= 0.6 is 0 Å². The van der Waals surface area contributed by atoms with Gasteiger partial charge in [0, 0.05) is 26.7 Å². The molecule has 0 aromatic carbocycles. The first-order chi connectivity index (χ1) is 6.79. The Kier molecular flexibility index (Phi) is 3.42. The van der Waals surface area contributed by atoms with E-state index >= 15 is 0 Å². The SMILES string of the molecule is COCC(O)CN1CC2CCCC2C1. The molecule has 1 heterocycles. The van der Waals surface area contributed by atoms with E-state index in [0.717, 1.165) is 18.4 Å². The van der Waals surface area contributed by atoms with E-state index in [1.54, 1.807) is 7.11 Å². The van der Waals surface area contributed by atoms with Crippen molar-refractivity contribution < 1.29 is 9.84 Å². The van der Waals surface area contributed by atoms with Crippen molar-refractivity contribution in [2.45, 2.75) is 25.4 Å². The second-order valence-electron chi connectivity index (χ2n) is 4.78. The quantitative estimate of drug-likeness (QED) is 0.724. The van der Waals surface area contributed by atoms with Gasteiger partial charge in [-0.3, -0.25) is 0 Å². The molecule has 3 unspecified atom stereocenters. The monoisotopic (exact) mass is 199 g/mol. The molecule has 1 N–H and O–H groups in total. The Morgan fingerprint density at radius 3 is 2.57 bits per heavy atom. The number of aliphatic hydroxyl groups is 1. The lowest BCUT2D eigenvalue weighted by atomic mass is 10.0. The second kappa shape index (κ2) is 4.60. The summed E-state index contributed by atoms with van der Waals surface area (Å²) in [5.74, 6) is 1.84. The lowest BCUT2D eigenvalue weighted by Crippen LogP contribution is -2.33. The van der Waals surface area contributed by atoms with Crippen molar-refractivity contribution in [2.24, 2.45) is 11.8 Å². The summed E-state index contributed by atoms with van der Waals surface area (Å²) in [6, 6.07) is 0. The molecule has 2 aliphatic rings. The number of ether oxygens (including phenoxy) is 1. The van der Waals surface area contributed by atoms with Gasteiger partial charge in [0.25, 0.3) is 0 Å². The lowest BCUT2D eigenvalue weighted by molar-refractivity contribution is 0.0412. The number of hydrogen-bond acceptors (Lipinski definition) is 3. The predicted molar refractivity (Wildman–Crippen MR) is 55.2 cm³/mol. The molecule has 1 saturated heterocycles. The average molecular weight is 199 g/mol. The predicted octanol–water partition coefficient (Wildman–Crippen LogP) is 0.726. The van der Waals surface area contributed by atoms with Crippen LogP contribution < -0.4 is 0 Å². The maximum absolute atomic E-state index is 9.61. The van der Waals surface area contributed by atoms with Crippen LogP contribution in [-0.2, 0) is 4.74 Å². The fourth-order valence-corrected chi connectivity index (χ4v) is 3.02. The van der Waals surface area contributed by atoms with E-state index in [9.17, 15) is 5.11 Å². The Morgan fingerprint density at radius 2 is 2.00 bits per heavy atom. The molecule has 3 heteroatoms. The topological polar surface area (TPSA) is 32.7 Å². The highest BCUT2D eigenvalue weighted by molar-refractivity contribution is 4.88. The van der Waals surface area contributed by atoms with Gasteiger partial charge in [0.05, 0.1) is 12.7 Å². The minimum Gasteiger partial charge on any atom is -0.389 e. The van der Waals surface area contributed by atoms with Gasteiger partial charge in [-0.2, -0.15) is 0 Å². The molecule has 0 aromatic rings. The van der Waals surface area contributed by atoms with Gasteiger partial charge >= 0.3 is 0 Å². The molecule has 0 radical (unpaired) electrons. The summed E-state index contributed by atoms with van der Waals surface area (Å²) in [7, 11) is 1.64. The summed E-state index contributed by atoms with van der Waals surface area (Å²) in [6.07, 6.45) is 3.92. The number of aliphatic hydroxyl groups excluding tert-OH is 1. The molecule has 3 nitrogen and oxygen atoms in total. The third-order valence-electron chi connectivity index (χ3n) is 3.63. The molecular formula is C11H21NO2. The van der Waals surface area contributed by atoms with E-state index in [1.807, 2.05) is 0 Å². The third kappa shape index (κ3) is 2.27. The van der Waals surface area contributed by atoms with E-state index in [2.05, 4.69) is 4.90 Å². The highest BCUT2D eigenvalue weighted by Gasteiger charge is 2.36. The van der Waals surface area contributed by atoms with Crippen molar-refractivity contribution in [3.63, 3.8) is 0 Å². The Hall–Kier alpha value is -0.120. The van der Waals surface area contributed by atoms with Gasteiger partial charge in [-0.25, -0.2) is 0 Å². The van der Waals surface area contributed by atoms with Gasteiger partial charge in [0.15, 0.2) is 0 Å². The Labute approximate surface area is 86.0 Å². The van der Waals surface area contributed by atoms with Gasteiger partial charge in [0.2, 0.25) is 0 Å². The summed E-state index contributed by atoms with van der Waals surface area (Å²) in [4.78, 5) is 2.40. The minimum atomic E-state index is -0.307. The number of hydrogen-bond donors (Lipinski definition) is 1. The van der Waals surface area contributed by atoms with E-state index in [-0.39, 0.29) is 6.10 Å². The maximum atomic E-state index is 9.61. The van der Waals surface area contributed by atoms with Gasteiger partial charge in [-0.05, 0) is 24.7 Å². The highest BCUT2D eigenvalue weighted by atomic mass is 16.5. The van der Waals surface area contributed by atoms with Gasteiger partial charge < -0.3 is 14.7 Å². The third-order valence-corrected chi connectivity index (χ3v) is 3.63. The Bertz CT molecular complexity index is 174. The van der Waals surface area contributed by atoms with Gasteiger partial charge in [-0.1, -0.05) is 6.42 Å². The van der Waals surface area contributed by atoms with Crippen LogP contribution in [0.3, 0.4) is 0 Å². The van der Waals surface area contributed by atoms with Crippen molar-refractivity contribution in [1.29, 1.82) is 0 Å². The molecule has 0 aromatic heterocycles. The summed E-state index contributed by atoms with van der Waals surface area (Å²) < 4.78 is 4.93. The molecule has 1 aliphatic carbocycles. The summed E-state index contributed by atoms with van der Waals surface area (Å²) in [5.41, 5.74) is 0. The zero-order valence-electron chi connectivity index (χ0n) is 8.98. The fraction of sp³-hybridized carbons (Fsp3) is 1.00. The van der Waals surface area contributed by atoms with E-state index in [0.29, 0.717) is 6.61 Å². The van der Waals surface area contributed by atoms with Crippen molar-refractivity contribution >= 4 is 0 Å². The van der Waals surface area contributed by atoms with E-state index < -0.39 is 0 Å². The number of methoxy groups -OCH3 is 1. The molecule has 2 rings (SSSR count). The summed E-state index contributed by atoms with van der Waals surface area (Å²) in [5, 5.41) is 9.61. The molecule has 14 heavy (non-hydrogen) atoms. The van der Waals surface area contributed by atoms with Crippen LogP contribution in [0.2, 0.25) is 0 Å². The highest BCUT2D eigenvalue weighted by Crippen LogP contribution is 2.37. The molecule has 1 aliphatic heterocycles. The molecular weight excluding hydrogens is 178 g/mol. The zero-order valence-corrected chi connectivity index (χ0v) is 8.98. The Balaban J connectivity index is 1.73. The van der Waals surface area contributed by atoms with Crippen LogP contribution in [-0.4, -0.2) is 49.5 Å². The van der Waals surface area contributed by atoms with E-state index in [4.69, 9.17) is 4.74 Å². The molecule has 82 valence electrons. The fourth-order valence-electron chi connectivity index (χ4n) is 3.02. The average Bonchev–Trinajstić information content (AvgIpc) is 2.63. The van der Waals surface area contributed by atoms with E-state index in [1.165, 1.54) is 32.4 Å². The molecule has 0 spiro atoms. The second-order valence-corrected chi connectivity index (χ2v) is 4.78. The number of rotatable bonds is 4. The molecule has 2 fully saturated rings. The number of fused-ring (bicyclic) bond motifs is 1. The summed E-state index contributed by atoms with van der Waals surface area (Å²) >= 11 is 0. The van der Waals surface area contributed by atoms with Gasteiger partial charge in [0.1, 0.15) is 0 Å². The molecule has 3 atom stereocenters. The maximum Gasteiger partial charge on any atom is 0.0900 e. The molecule has 1 saturated carbocycles. The van der Waals surface area contributed by atoms with Crippen LogP contribution in [0.5, 0.6) is 0 Å². The largest absolute Gasteiger partial charge is 0.389 e. The van der Waals surface area contributed by atoms with Crippen molar-refractivity contribution in [3.8, 4) is 0 Å². The Morgan fingerprint density at radius 1 is 1.36 bits per heavy atom. The van der Waals surface area contributed by atoms with Crippen LogP contribution in [0.25, 0.3) is 0 Å². The standard InChI is InChI=1S/C11H21NO2/c1-14-8-11(13)7-12-5-9-3-2-4-10(9)6-12/h9-11,13H,2-8H2,1H3. The van der Waals surface area contributed by atoms with Crippen LogP contribution in [0.1, 0.15) is 19.3 Å².